The number of aromatic nitrogens is 3. The Hall–Kier alpha value is -1.96. The zero-order valence-electron chi connectivity index (χ0n) is 11.4. The predicted octanol–water partition coefficient (Wildman–Crippen LogP) is -0.537. The minimum atomic E-state index is -0.872. The second kappa shape index (κ2) is 6.47. The van der Waals surface area contributed by atoms with E-state index in [1.807, 2.05) is 0 Å². The number of rotatable bonds is 5. The Kier molecular flexibility index (Phi) is 4.67. The van der Waals surface area contributed by atoms with Gasteiger partial charge < -0.3 is 14.7 Å². The summed E-state index contributed by atoms with van der Waals surface area (Å²) in [6.07, 6.45) is 0.337. The number of aliphatic carboxylic acids is 1. The fourth-order valence-corrected chi connectivity index (χ4v) is 2.04. The molecule has 1 amide bonds. The van der Waals surface area contributed by atoms with Gasteiger partial charge in [0.1, 0.15) is 6.54 Å². The van der Waals surface area contributed by atoms with Crippen molar-refractivity contribution in [1.82, 2.24) is 19.9 Å². The van der Waals surface area contributed by atoms with Gasteiger partial charge in [-0.15, -0.1) is 5.10 Å². The number of carboxylic acid groups (broad SMARTS) is 1. The molecular formula is C12H18N4O4. The molecule has 1 aliphatic heterocycles. The Balaban J connectivity index is 1.95. The average molecular weight is 282 g/mol. The van der Waals surface area contributed by atoms with Crippen LogP contribution in [0.3, 0.4) is 0 Å². The molecule has 20 heavy (non-hydrogen) atoms. The highest BCUT2D eigenvalue weighted by molar-refractivity contribution is 5.76. The summed E-state index contributed by atoms with van der Waals surface area (Å²) in [6.45, 7) is 4.24. The Bertz CT molecular complexity index is 494. The Morgan fingerprint density at radius 1 is 1.35 bits per heavy atom. The highest BCUT2D eigenvalue weighted by atomic mass is 16.5. The van der Waals surface area contributed by atoms with Gasteiger partial charge in [-0.2, -0.15) is 0 Å². The van der Waals surface area contributed by atoms with E-state index in [0.29, 0.717) is 38.4 Å². The van der Waals surface area contributed by atoms with Crippen molar-refractivity contribution < 1.29 is 19.4 Å². The first-order valence-corrected chi connectivity index (χ1v) is 6.54. The first kappa shape index (κ1) is 14.4. The highest BCUT2D eigenvalue weighted by Crippen LogP contribution is 2.08. The molecule has 0 radical (unpaired) electrons. The third-order valence-corrected chi connectivity index (χ3v) is 3.30. The van der Waals surface area contributed by atoms with Crippen LogP contribution in [0.15, 0.2) is 0 Å². The summed E-state index contributed by atoms with van der Waals surface area (Å²) in [5.41, 5.74) is 1.37. The number of hydrogen-bond donors (Lipinski definition) is 1. The van der Waals surface area contributed by atoms with E-state index in [2.05, 4.69) is 10.3 Å². The number of carboxylic acids is 1. The van der Waals surface area contributed by atoms with Crippen LogP contribution in [0.2, 0.25) is 0 Å². The van der Waals surface area contributed by atoms with Gasteiger partial charge in [0.15, 0.2) is 0 Å². The molecule has 0 aliphatic carbocycles. The molecule has 1 aliphatic rings. The summed E-state index contributed by atoms with van der Waals surface area (Å²) in [5.74, 6) is -0.894. The molecule has 0 unspecified atom stereocenters. The average Bonchev–Trinajstić information content (AvgIpc) is 2.78. The topological polar surface area (TPSA) is 97.5 Å². The van der Waals surface area contributed by atoms with E-state index in [1.54, 1.807) is 11.8 Å². The van der Waals surface area contributed by atoms with E-state index in [1.165, 1.54) is 4.68 Å². The molecule has 1 N–H and O–H groups in total. The number of hydrogen-bond acceptors (Lipinski definition) is 5. The summed E-state index contributed by atoms with van der Waals surface area (Å²) >= 11 is 0. The minimum Gasteiger partial charge on any atom is -0.481 e. The van der Waals surface area contributed by atoms with Crippen LogP contribution in [0.25, 0.3) is 0 Å². The Labute approximate surface area is 116 Å². The number of nitrogens with zero attached hydrogens (tertiary/aromatic N) is 4. The molecule has 110 valence electrons. The monoisotopic (exact) mass is 282 g/mol. The second-order valence-corrected chi connectivity index (χ2v) is 4.67. The fourth-order valence-electron chi connectivity index (χ4n) is 2.04. The van der Waals surface area contributed by atoms with Crippen LogP contribution < -0.4 is 0 Å². The second-order valence-electron chi connectivity index (χ2n) is 4.67. The van der Waals surface area contributed by atoms with E-state index in [4.69, 9.17) is 9.84 Å². The van der Waals surface area contributed by atoms with Crippen LogP contribution in [0.5, 0.6) is 0 Å². The van der Waals surface area contributed by atoms with Crippen LogP contribution in [-0.4, -0.2) is 63.2 Å². The van der Waals surface area contributed by atoms with Gasteiger partial charge in [0.05, 0.1) is 31.0 Å². The maximum Gasteiger partial charge on any atom is 0.303 e. The van der Waals surface area contributed by atoms with Crippen molar-refractivity contribution in [3.63, 3.8) is 0 Å². The van der Waals surface area contributed by atoms with Gasteiger partial charge in [-0.05, 0) is 6.92 Å². The maximum atomic E-state index is 12.1. The Morgan fingerprint density at radius 3 is 2.70 bits per heavy atom. The van der Waals surface area contributed by atoms with Crippen LogP contribution in [0, 0.1) is 6.92 Å². The SMILES string of the molecule is Cc1c(CCC(=O)O)nnn1CC(=O)N1CCOCC1. The Morgan fingerprint density at radius 2 is 2.05 bits per heavy atom. The van der Waals surface area contributed by atoms with E-state index < -0.39 is 5.97 Å². The predicted molar refractivity (Wildman–Crippen MR) is 68.1 cm³/mol. The molecule has 1 aromatic rings. The molecule has 0 aromatic carbocycles. The van der Waals surface area contributed by atoms with Crippen molar-refractivity contribution in [2.24, 2.45) is 0 Å². The van der Waals surface area contributed by atoms with Crippen molar-refractivity contribution >= 4 is 11.9 Å². The third kappa shape index (κ3) is 3.53. The van der Waals surface area contributed by atoms with Gasteiger partial charge in [0.2, 0.25) is 5.91 Å². The summed E-state index contributed by atoms with van der Waals surface area (Å²) in [7, 11) is 0. The number of morpholine rings is 1. The number of carbonyl (C=O) groups is 2. The summed E-state index contributed by atoms with van der Waals surface area (Å²) < 4.78 is 6.72. The normalized spacial score (nSPS) is 15.3. The van der Waals surface area contributed by atoms with E-state index in [9.17, 15) is 9.59 Å². The lowest BCUT2D eigenvalue weighted by Crippen LogP contribution is -2.42. The number of aryl methyl sites for hydroxylation is 1. The molecule has 1 saturated heterocycles. The number of amides is 1. The largest absolute Gasteiger partial charge is 0.481 e. The van der Waals surface area contributed by atoms with Crippen LogP contribution in [-0.2, 0) is 27.3 Å². The van der Waals surface area contributed by atoms with Gasteiger partial charge in [-0.25, -0.2) is 4.68 Å². The summed E-state index contributed by atoms with van der Waals surface area (Å²) in [5, 5.41) is 16.5. The molecule has 0 spiro atoms. The maximum absolute atomic E-state index is 12.1. The highest BCUT2D eigenvalue weighted by Gasteiger charge is 2.19. The lowest BCUT2D eigenvalue weighted by atomic mass is 10.2. The summed E-state index contributed by atoms with van der Waals surface area (Å²) in [6, 6.07) is 0. The van der Waals surface area contributed by atoms with E-state index >= 15 is 0 Å². The van der Waals surface area contributed by atoms with Crippen molar-refractivity contribution in [1.29, 1.82) is 0 Å². The first-order valence-electron chi connectivity index (χ1n) is 6.54. The van der Waals surface area contributed by atoms with E-state index in [0.717, 1.165) is 5.69 Å². The van der Waals surface area contributed by atoms with Crippen LogP contribution in [0.4, 0.5) is 0 Å². The molecule has 1 aromatic heterocycles. The van der Waals surface area contributed by atoms with E-state index in [-0.39, 0.29) is 18.9 Å². The molecular weight excluding hydrogens is 264 g/mol. The van der Waals surface area contributed by atoms with Gasteiger partial charge in [-0.1, -0.05) is 5.21 Å². The standard InChI is InChI=1S/C12H18N4O4/c1-9-10(2-3-12(18)19)13-14-16(9)8-11(17)15-4-6-20-7-5-15/h2-8H2,1H3,(H,18,19). The molecule has 8 nitrogen and oxygen atoms in total. The number of carbonyl (C=O) groups excluding carboxylic acids is 1. The molecule has 0 bridgehead atoms. The van der Waals surface area contributed by atoms with Crippen LogP contribution in [0.1, 0.15) is 17.8 Å². The van der Waals surface area contributed by atoms with Crippen molar-refractivity contribution in [2.75, 3.05) is 26.3 Å². The lowest BCUT2D eigenvalue weighted by molar-refractivity contribution is -0.137. The van der Waals surface area contributed by atoms with Gasteiger partial charge in [0, 0.05) is 19.5 Å². The molecule has 2 rings (SSSR count). The molecule has 1 fully saturated rings. The van der Waals surface area contributed by atoms with Crippen LogP contribution >= 0.6 is 0 Å². The minimum absolute atomic E-state index is 0.0109. The van der Waals surface area contributed by atoms with Crippen molar-refractivity contribution in [2.45, 2.75) is 26.3 Å². The number of ether oxygens (including phenoxy) is 1. The zero-order valence-corrected chi connectivity index (χ0v) is 11.4. The molecule has 0 atom stereocenters. The molecule has 8 heteroatoms. The smallest absolute Gasteiger partial charge is 0.303 e. The first-order chi connectivity index (χ1) is 9.58. The third-order valence-electron chi connectivity index (χ3n) is 3.30. The van der Waals surface area contributed by atoms with Gasteiger partial charge in [0.25, 0.3) is 0 Å². The quantitative estimate of drug-likeness (QED) is 0.779. The lowest BCUT2D eigenvalue weighted by Gasteiger charge is -2.26. The summed E-state index contributed by atoms with van der Waals surface area (Å²) in [4.78, 5) is 24.4. The molecule has 0 saturated carbocycles. The van der Waals surface area contributed by atoms with Gasteiger partial charge in [-0.3, -0.25) is 9.59 Å². The van der Waals surface area contributed by atoms with Gasteiger partial charge >= 0.3 is 5.97 Å². The van der Waals surface area contributed by atoms with Crippen molar-refractivity contribution in [3.05, 3.63) is 11.4 Å². The molecule has 2 heterocycles. The van der Waals surface area contributed by atoms with Crippen molar-refractivity contribution in [3.8, 4) is 0 Å². The fraction of sp³-hybridized carbons (Fsp3) is 0.667. The zero-order chi connectivity index (χ0) is 14.5.